The fraction of sp³-hybridized carbons (Fsp3) is 0.562. The van der Waals surface area contributed by atoms with Crippen LogP contribution in [0.1, 0.15) is 39.7 Å². The summed E-state index contributed by atoms with van der Waals surface area (Å²) in [5.74, 6) is 0.679. The van der Waals surface area contributed by atoms with Gasteiger partial charge in [0.25, 0.3) is 5.91 Å². The fourth-order valence-corrected chi connectivity index (χ4v) is 1.81. The summed E-state index contributed by atoms with van der Waals surface area (Å²) in [5, 5.41) is 6.20. The average Bonchev–Trinajstić information content (AvgIpc) is 2.40. The van der Waals surface area contributed by atoms with Crippen LogP contribution in [0.4, 0.5) is 0 Å². The van der Waals surface area contributed by atoms with Crippen LogP contribution >= 0.6 is 0 Å². The molecule has 1 unspecified atom stereocenters. The lowest BCUT2D eigenvalue weighted by molar-refractivity contribution is -0.127. The van der Waals surface area contributed by atoms with Gasteiger partial charge in [0, 0.05) is 18.2 Å². The van der Waals surface area contributed by atoms with Crippen LogP contribution in [0.25, 0.3) is 0 Å². The summed E-state index contributed by atoms with van der Waals surface area (Å²) in [5.41, 5.74) is 1.07. The first-order valence-electron chi connectivity index (χ1n) is 7.30. The van der Waals surface area contributed by atoms with Crippen molar-refractivity contribution in [1.82, 2.24) is 10.6 Å². The Bertz CT molecular complexity index is 419. The van der Waals surface area contributed by atoms with E-state index in [1.807, 2.05) is 38.1 Å². The number of rotatable bonds is 8. The van der Waals surface area contributed by atoms with Gasteiger partial charge in [-0.1, -0.05) is 25.1 Å². The summed E-state index contributed by atoms with van der Waals surface area (Å²) >= 11 is 0. The molecule has 0 heterocycles. The third-order valence-electron chi connectivity index (χ3n) is 2.82. The van der Waals surface area contributed by atoms with Crippen molar-refractivity contribution < 1.29 is 9.53 Å². The Kier molecular flexibility index (Phi) is 7.09. The van der Waals surface area contributed by atoms with E-state index < -0.39 is 6.10 Å². The Hall–Kier alpha value is -1.55. The van der Waals surface area contributed by atoms with Gasteiger partial charge >= 0.3 is 0 Å². The number of benzene rings is 1. The van der Waals surface area contributed by atoms with E-state index in [9.17, 15) is 4.79 Å². The van der Waals surface area contributed by atoms with Crippen LogP contribution in [0.15, 0.2) is 24.3 Å². The zero-order valence-corrected chi connectivity index (χ0v) is 12.9. The maximum Gasteiger partial charge on any atom is 0.260 e. The molecule has 0 spiro atoms. The standard InChI is InChI=1S/C16H26N2O2/c1-5-10-17-11-14-8-6-7-9-15(14)20-13(4)16(19)18-12(2)3/h6-9,12-13,17H,5,10-11H2,1-4H3,(H,18,19). The second-order valence-electron chi connectivity index (χ2n) is 5.21. The minimum absolute atomic E-state index is 0.0867. The molecule has 0 aliphatic carbocycles. The Morgan fingerprint density at radius 3 is 2.60 bits per heavy atom. The molecule has 4 nitrogen and oxygen atoms in total. The number of carbonyl (C=O) groups is 1. The van der Waals surface area contributed by atoms with Crippen LogP contribution in [0.2, 0.25) is 0 Å². The molecule has 20 heavy (non-hydrogen) atoms. The molecule has 0 aliphatic heterocycles. The SMILES string of the molecule is CCCNCc1ccccc1OC(C)C(=O)NC(C)C. The van der Waals surface area contributed by atoms with Gasteiger partial charge in [0.2, 0.25) is 0 Å². The predicted molar refractivity (Wildman–Crippen MR) is 81.8 cm³/mol. The summed E-state index contributed by atoms with van der Waals surface area (Å²) < 4.78 is 5.79. The molecule has 1 atom stereocenters. The molecule has 0 aliphatic rings. The summed E-state index contributed by atoms with van der Waals surface area (Å²) in [6, 6.07) is 7.95. The number of para-hydroxylation sites is 1. The maximum atomic E-state index is 11.9. The van der Waals surface area contributed by atoms with Crippen LogP contribution in [-0.2, 0) is 11.3 Å². The smallest absolute Gasteiger partial charge is 0.260 e. The molecule has 1 rings (SSSR count). The summed E-state index contributed by atoms with van der Waals surface area (Å²) in [4.78, 5) is 11.9. The van der Waals surface area contributed by atoms with Crippen LogP contribution in [0, 0.1) is 0 Å². The van der Waals surface area contributed by atoms with Crippen LogP contribution in [0.3, 0.4) is 0 Å². The van der Waals surface area contributed by atoms with Gasteiger partial charge in [-0.15, -0.1) is 0 Å². The van der Waals surface area contributed by atoms with Crippen LogP contribution in [0.5, 0.6) is 5.75 Å². The van der Waals surface area contributed by atoms with Gasteiger partial charge in [-0.3, -0.25) is 4.79 Å². The van der Waals surface area contributed by atoms with E-state index in [0.717, 1.165) is 30.8 Å². The molecule has 0 saturated carbocycles. The van der Waals surface area contributed by atoms with Gasteiger partial charge in [0.1, 0.15) is 5.75 Å². The number of hydrogen-bond acceptors (Lipinski definition) is 3. The Balaban J connectivity index is 2.64. The molecule has 0 saturated heterocycles. The highest BCUT2D eigenvalue weighted by atomic mass is 16.5. The highest BCUT2D eigenvalue weighted by Crippen LogP contribution is 2.19. The highest BCUT2D eigenvalue weighted by Gasteiger charge is 2.16. The first kappa shape index (κ1) is 16.5. The lowest BCUT2D eigenvalue weighted by atomic mass is 10.2. The van der Waals surface area contributed by atoms with Gasteiger partial charge in [-0.05, 0) is 39.8 Å². The predicted octanol–water partition coefficient (Wildman–Crippen LogP) is 2.48. The van der Waals surface area contributed by atoms with Crippen molar-refractivity contribution in [1.29, 1.82) is 0 Å². The molecule has 1 aromatic rings. The van der Waals surface area contributed by atoms with Crippen molar-refractivity contribution in [3.05, 3.63) is 29.8 Å². The summed E-state index contributed by atoms with van der Waals surface area (Å²) in [6.45, 7) is 9.50. The Morgan fingerprint density at radius 1 is 1.25 bits per heavy atom. The average molecular weight is 278 g/mol. The number of hydrogen-bond donors (Lipinski definition) is 2. The van der Waals surface area contributed by atoms with Crippen molar-refractivity contribution in [2.45, 2.75) is 52.8 Å². The maximum absolute atomic E-state index is 11.9. The molecule has 0 fully saturated rings. The molecule has 2 N–H and O–H groups in total. The number of amides is 1. The van der Waals surface area contributed by atoms with Crippen molar-refractivity contribution in [2.24, 2.45) is 0 Å². The van der Waals surface area contributed by atoms with E-state index in [1.165, 1.54) is 0 Å². The third kappa shape index (κ3) is 5.61. The molecule has 4 heteroatoms. The van der Waals surface area contributed by atoms with E-state index in [4.69, 9.17) is 4.74 Å². The second-order valence-corrected chi connectivity index (χ2v) is 5.21. The van der Waals surface area contributed by atoms with Gasteiger partial charge in [-0.25, -0.2) is 0 Å². The molecule has 1 amide bonds. The fourth-order valence-electron chi connectivity index (χ4n) is 1.81. The van der Waals surface area contributed by atoms with Gasteiger partial charge in [-0.2, -0.15) is 0 Å². The quantitative estimate of drug-likeness (QED) is 0.718. The van der Waals surface area contributed by atoms with E-state index in [2.05, 4.69) is 17.6 Å². The van der Waals surface area contributed by atoms with Crippen molar-refractivity contribution in [3.63, 3.8) is 0 Å². The van der Waals surface area contributed by atoms with E-state index in [1.54, 1.807) is 6.92 Å². The topological polar surface area (TPSA) is 50.4 Å². The van der Waals surface area contributed by atoms with Crippen LogP contribution in [-0.4, -0.2) is 24.6 Å². The van der Waals surface area contributed by atoms with E-state index in [0.29, 0.717) is 0 Å². The Labute approximate surface area is 121 Å². The number of nitrogens with one attached hydrogen (secondary N) is 2. The van der Waals surface area contributed by atoms with Crippen molar-refractivity contribution >= 4 is 5.91 Å². The molecule has 0 radical (unpaired) electrons. The highest BCUT2D eigenvalue weighted by molar-refractivity contribution is 5.80. The molecular formula is C16H26N2O2. The molecule has 112 valence electrons. The van der Waals surface area contributed by atoms with Gasteiger partial charge < -0.3 is 15.4 Å². The van der Waals surface area contributed by atoms with E-state index >= 15 is 0 Å². The van der Waals surface area contributed by atoms with Crippen molar-refractivity contribution in [2.75, 3.05) is 6.54 Å². The molecule has 1 aromatic carbocycles. The lowest BCUT2D eigenvalue weighted by Gasteiger charge is -2.18. The third-order valence-corrected chi connectivity index (χ3v) is 2.82. The zero-order chi connectivity index (χ0) is 15.0. The number of ether oxygens (including phenoxy) is 1. The summed E-state index contributed by atoms with van der Waals surface area (Å²) in [6.07, 6.45) is 0.598. The lowest BCUT2D eigenvalue weighted by Crippen LogP contribution is -2.40. The first-order chi connectivity index (χ1) is 9.54. The van der Waals surface area contributed by atoms with Gasteiger partial charge in [0.15, 0.2) is 6.10 Å². The van der Waals surface area contributed by atoms with Crippen LogP contribution < -0.4 is 15.4 Å². The largest absolute Gasteiger partial charge is 0.481 e. The molecular weight excluding hydrogens is 252 g/mol. The van der Waals surface area contributed by atoms with Gasteiger partial charge in [0.05, 0.1) is 0 Å². The first-order valence-corrected chi connectivity index (χ1v) is 7.30. The van der Waals surface area contributed by atoms with E-state index in [-0.39, 0.29) is 11.9 Å². The minimum atomic E-state index is -0.496. The Morgan fingerprint density at radius 2 is 1.95 bits per heavy atom. The normalized spacial score (nSPS) is 12.2. The minimum Gasteiger partial charge on any atom is -0.481 e. The van der Waals surface area contributed by atoms with Crippen molar-refractivity contribution in [3.8, 4) is 5.75 Å². The zero-order valence-electron chi connectivity index (χ0n) is 12.9. The molecule has 0 aromatic heterocycles. The summed E-state index contributed by atoms with van der Waals surface area (Å²) in [7, 11) is 0. The second kappa shape index (κ2) is 8.59. The number of carbonyl (C=O) groups excluding carboxylic acids is 1. The molecule has 0 bridgehead atoms. The monoisotopic (exact) mass is 278 g/mol.